The maximum atomic E-state index is 12.4. The Morgan fingerprint density at radius 1 is 1.04 bits per heavy atom. The van der Waals surface area contributed by atoms with Gasteiger partial charge in [-0.05, 0) is 69.4 Å². The number of benzene rings is 2. The summed E-state index contributed by atoms with van der Waals surface area (Å²) in [5, 5.41) is 2.88. The monoisotopic (exact) mass is 389 g/mol. The van der Waals surface area contributed by atoms with Crippen LogP contribution in [0.5, 0.6) is 0 Å². The van der Waals surface area contributed by atoms with Crippen LogP contribution in [0, 0.1) is 0 Å². The molecular weight excluding hydrogens is 362 g/mol. The number of nitrogens with one attached hydrogen (secondary N) is 2. The molecule has 2 aromatic carbocycles. The lowest BCUT2D eigenvalue weighted by Gasteiger charge is -2.11. The van der Waals surface area contributed by atoms with E-state index in [-0.39, 0.29) is 10.8 Å². The van der Waals surface area contributed by atoms with Gasteiger partial charge in [0.05, 0.1) is 4.90 Å². The van der Waals surface area contributed by atoms with Crippen molar-refractivity contribution < 1.29 is 13.2 Å². The number of rotatable bonds is 9. The van der Waals surface area contributed by atoms with Gasteiger partial charge < -0.3 is 10.2 Å². The highest BCUT2D eigenvalue weighted by Crippen LogP contribution is 2.17. The quantitative estimate of drug-likeness (QED) is 0.647. The molecule has 0 heterocycles. The van der Waals surface area contributed by atoms with E-state index in [1.54, 1.807) is 0 Å². The minimum Gasteiger partial charge on any atom is -0.322 e. The summed E-state index contributed by atoms with van der Waals surface area (Å²) in [6, 6.07) is 13.6. The van der Waals surface area contributed by atoms with Crippen molar-refractivity contribution in [3.63, 3.8) is 0 Å². The van der Waals surface area contributed by atoms with Gasteiger partial charge in [0, 0.05) is 17.8 Å². The summed E-state index contributed by atoms with van der Waals surface area (Å²) in [4.78, 5) is 14.6. The molecule has 2 N–H and O–H groups in total. The van der Waals surface area contributed by atoms with Crippen LogP contribution in [0.4, 0.5) is 5.69 Å². The van der Waals surface area contributed by atoms with Gasteiger partial charge in [-0.1, -0.05) is 25.1 Å². The normalized spacial score (nSPS) is 11.6. The van der Waals surface area contributed by atoms with E-state index in [0.717, 1.165) is 30.6 Å². The molecule has 27 heavy (non-hydrogen) atoms. The summed E-state index contributed by atoms with van der Waals surface area (Å²) < 4.78 is 27.2. The molecule has 0 fully saturated rings. The van der Waals surface area contributed by atoms with Crippen LogP contribution in [0.3, 0.4) is 0 Å². The van der Waals surface area contributed by atoms with Gasteiger partial charge in [-0.25, -0.2) is 13.1 Å². The molecule has 0 radical (unpaired) electrons. The average Bonchev–Trinajstić information content (AvgIpc) is 2.65. The first-order valence-corrected chi connectivity index (χ1v) is 10.5. The number of carbonyl (C=O) groups excluding carboxylic acids is 1. The van der Waals surface area contributed by atoms with Crippen LogP contribution in [0.1, 0.15) is 29.3 Å². The fourth-order valence-corrected chi connectivity index (χ4v) is 3.69. The zero-order chi connectivity index (χ0) is 19.9. The van der Waals surface area contributed by atoms with E-state index < -0.39 is 10.0 Å². The van der Waals surface area contributed by atoms with Gasteiger partial charge in [0.15, 0.2) is 0 Å². The smallest absolute Gasteiger partial charge is 0.255 e. The molecule has 0 bridgehead atoms. The Hall–Kier alpha value is -2.22. The number of hydrogen-bond donors (Lipinski definition) is 2. The van der Waals surface area contributed by atoms with Crippen LogP contribution in [-0.4, -0.2) is 46.4 Å². The first-order chi connectivity index (χ1) is 12.8. The third-order valence-electron chi connectivity index (χ3n) is 4.15. The van der Waals surface area contributed by atoms with Crippen LogP contribution in [0.2, 0.25) is 0 Å². The van der Waals surface area contributed by atoms with E-state index in [1.165, 1.54) is 24.3 Å². The Labute approximate surface area is 161 Å². The van der Waals surface area contributed by atoms with Gasteiger partial charge in [-0.15, -0.1) is 0 Å². The van der Waals surface area contributed by atoms with Crippen molar-refractivity contribution in [3.05, 3.63) is 59.7 Å². The van der Waals surface area contributed by atoms with E-state index >= 15 is 0 Å². The van der Waals surface area contributed by atoms with Gasteiger partial charge >= 0.3 is 0 Å². The van der Waals surface area contributed by atoms with Crippen molar-refractivity contribution >= 4 is 21.6 Å². The first-order valence-electron chi connectivity index (χ1n) is 8.97. The Morgan fingerprint density at radius 2 is 1.70 bits per heavy atom. The highest BCUT2D eigenvalue weighted by Gasteiger charge is 2.15. The molecule has 7 heteroatoms. The van der Waals surface area contributed by atoms with Gasteiger partial charge in [-0.3, -0.25) is 4.79 Å². The lowest BCUT2D eigenvalue weighted by atomic mass is 10.1. The topological polar surface area (TPSA) is 78.5 Å². The summed E-state index contributed by atoms with van der Waals surface area (Å²) in [6.07, 6.45) is 1.54. The number of sulfonamides is 1. The lowest BCUT2D eigenvalue weighted by molar-refractivity contribution is 0.102. The second-order valence-electron chi connectivity index (χ2n) is 6.54. The Bertz CT molecular complexity index is 862. The maximum Gasteiger partial charge on any atom is 0.255 e. The predicted octanol–water partition coefficient (Wildman–Crippen LogP) is 2.73. The van der Waals surface area contributed by atoms with Crippen LogP contribution in [-0.2, 0) is 16.4 Å². The Balaban J connectivity index is 2.02. The third-order valence-corrected chi connectivity index (χ3v) is 5.62. The number of para-hydroxylation sites is 1. The number of amides is 1. The molecule has 2 aromatic rings. The Morgan fingerprint density at radius 3 is 2.33 bits per heavy atom. The zero-order valence-electron chi connectivity index (χ0n) is 16.0. The summed E-state index contributed by atoms with van der Waals surface area (Å²) in [5.74, 6) is -0.265. The molecule has 0 saturated heterocycles. The third kappa shape index (κ3) is 6.16. The van der Waals surface area contributed by atoms with E-state index in [4.69, 9.17) is 0 Å². The van der Waals surface area contributed by atoms with Crippen molar-refractivity contribution in [1.29, 1.82) is 0 Å². The molecule has 6 nitrogen and oxygen atoms in total. The number of hydrogen-bond acceptors (Lipinski definition) is 4. The van der Waals surface area contributed by atoms with Crippen LogP contribution in [0.15, 0.2) is 53.4 Å². The molecule has 0 aliphatic heterocycles. The minimum absolute atomic E-state index is 0.151. The lowest BCUT2D eigenvalue weighted by Crippen LogP contribution is -2.27. The SMILES string of the molecule is CCc1ccccc1NC(=O)c1ccc(S(=O)(=O)NCCCN(C)C)cc1. The van der Waals surface area contributed by atoms with Crippen LogP contribution in [0.25, 0.3) is 0 Å². The fourth-order valence-electron chi connectivity index (χ4n) is 2.62. The van der Waals surface area contributed by atoms with E-state index in [2.05, 4.69) is 10.0 Å². The molecule has 2 rings (SSSR count). The standard InChI is InChI=1S/C20H27N3O3S/c1-4-16-8-5-6-9-19(16)22-20(24)17-10-12-18(13-11-17)27(25,26)21-14-7-15-23(2)3/h5-6,8-13,21H,4,7,14-15H2,1-3H3,(H,22,24). The second kappa shape index (κ2) is 9.64. The summed E-state index contributed by atoms with van der Waals surface area (Å²) in [7, 11) is 0.313. The number of carbonyl (C=O) groups is 1. The first kappa shape index (κ1) is 21.1. The Kier molecular flexibility index (Phi) is 7.53. The summed E-state index contributed by atoms with van der Waals surface area (Å²) in [6.45, 7) is 3.20. The largest absolute Gasteiger partial charge is 0.322 e. The average molecular weight is 390 g/mol. The van der Waals surface area contributed by atoms with Crippen LogP contribution < -0.4 is 10.0 Å². The van der Waals surface area contributed by atoms with Crippen molar-refractivity contribution in [2.75, 3.05) is 32.5 Å². The number of anilines is 1. The summed E-state index contributed by atoms with van der Waals surface area (Å²) in [5.41, 5.74) is 2.23. The van der Waals surface area contributed by atoms with Gasteiger partial charge in [-0.2, -0.15) is 0 Å². The summed E-state index contributed by atoms with van der Waals surface area (Å²) >= 11 is 0. The minimum atomic E-state index is -3.57. The van der Waals surface area contributed by atoms with E-state index in [1.807, 2.05) is 50.2 Å². The molecule has 0 spiro atoms. The van der Waals surface area contributed by atoms with Crippen molar-refractivity contribution in [2.24, 2.45) is 0 Å². The zero-order valence-corrected chi connectivity index (χ0v) is 16.8. The van der Waals surface area contributed by atoms with Gasteiger partial charge in [0.2, 0.25) is 10.0 Å². The van der Waals surface area contributed by atoms with Gasteiger partial charge in [0.25, 0.3) is 5.91 Å². The van der Waals surface area contributed by atoms with Crippen LogP contribution >= 0.6 is 0 Å². The molecule has 146 valence electrons. The molecule has 1 amide bonds. The number of aryl methyl sites for hydroxylation is 1. The highest BCUT2D eigenvalue weighted by atomic mass is 32.2. The molecule has 0 aliphatic carbocycles. The molecule has 0 saturated carbocycles. The molecule has 0 aliphatic rings. The molecular formula is C20H27N3O3S. The van der Waals surface area contributed by atoms with Crippen molar-refractivity contribution in [2.45, 2.75) is 24.7 Å². The second-order valence-corrected chi connectivity index (χ2v) is 8.31. The maximum absolute atomic E-state index is 12.4. The van der Waals surface area contributed by atoms with E-state index in [9.17, 15) is 13.2 Å². The van der Waals surface area contributed by atoms with Gasteiger partial charge in [0.1, 0.15) is 0 Å². The van der Waals surface area contributed by atoms with Crippen molar-refractivity contribution in [1.82, 2.24) is 9.62 Å². The van der Waals surface area contributed by atoms with E-state index in [0.29, 0.717) is 12.1 Å². The molecule has 0 unspecified atom stereocenters. The number of nitrogens with zero attached hydrogens (tertiary/aromatic N) is 1. The fraction of sp³-hybridized carbons (Fsp3) is 0.350. The molecule has 0 atom stereocenters. The highest BCUT2D eigenvalue weighted by molar-refractivity contribution is 7.89. The molecule has 0 aromatic heterocycles. The predicted molar refractivity (Wildman–Crippen MR) is 109 cm³/mol. The van der Waals surface area contributed by atoms with Crippen molar-refractivity contribution in [3.8, 4) is 0 Å².